The number of halogens is 5. The van der Waals surface area contributed by atoms with Crippen LogP contribution in [0, 0.1) is 0 Å². The van der Waals surface area contributed by atoms with Crippen LogP contribution < -0.4 is 10.1 Å². The highest BCUT2D eigenvalue weighted by molar-refractivity contribution is 9.10. The quantitative estimate of drug-likeness (QED) is 0.876. The van der Waals surface area contributed by atoms with Crippen LogP contribution in [0.2, 0.25) is 5.02 Å². The maximum absolute atomic E-state index is 12.5. The van der Waals surface area contributed by atoms with Crippen LogP contribution in [0.3, 0.4) is 0 Å². The van der Waals surface area contributed by atoms with Crippen LogP contribution in [0.4, 0.5) is 13.2 Å². The van der Waals surface area contributed by atoms with E-state index in [1.807, 2.05) is 0 Å². The minimum absolute atomic E-state index is 0.347. The molecule has 1 atom stereocenters. The second-order valence-electron chi connectivity index (χ2n) is 3.67. The summed E-state index contributed by atoms with van der Waals surface area (Å²) in [7, 11) is 2.86. The maximum atomic E-state index is 12.5. The second-order valence-corrected chi connectivity index (χ2v) is 4.96. The molecule has 0 aromatic heterocycles. The molecule has 0 heterocycles. The van der Waals surface area contributed by atoms with E-state index in [2.05, 4.69) is 21.2 Å². The molecule has 0 aliphatic heterocycles. The molecule has 1 rings (SSSR count). The Morgan fingerprint density at radius 3 is 2.50 bits per heavy atom. The Bertz CT molecular complexity index is 425. The number of benzene rings is 1. The van der Waals surface area contributed by atoms with Crippen molar-refractivity contribution in [1.82, 2.24) is 5.32 Å². The summed E-state index contributed by atoms with van der Waals surface area (Å²) < 4.78 is 43.1. The van der Waals surface area contributed by atoms with Crippen LogP contribution in [0.1, 0.15) is 18.0 Å². The first-order valence-corrected chi connectivity index (χ1v) is 6.22. The van der Waals surface area contributed by atoms with E-state index in [4.69, 9.17) is 16.3 Å². The topological polar surface area (TPSA) is 21.3 Å². The normalized spacial score (nSPS) is 13.5. The van der Waals surface area contributed by atoms with E-state index in [-0.39, 0.29) is 0 Å². The molecule has 0 spiro atoms. The molecule has 0 amide bonds. The Kier molecular flexibility index (Phi) is 5.31. The van der Waals surface area contributed by atoms with E-state index >= 15 is 0 Å². The minimum atomic E-state index is -4.27. The molecule has 0 fully saturated rings. The Labute approximate surface area is 117 Å². The van der Waals surface area contributed by atoms with Crippen molar-refractivity contribution in [2.45, 2.75) is 18.6 Å². The molecule has 7 heteroatoms. The summed E-state index contributed by atoms with van der Waals surface area (Å²) >= 11 is 9.07. The van der Waals surface area contributed by atoms with Crippen LogP contribution >= 0.6 is 27.5 Å². The highest BCUT2D eigenvalue weighted by Crippen LogP contribution is 2.39. The van der Waals surface area contributed by atoms with Crippen molar-refractivity contribution < 1.29 is 17.9 Å². The average Bonchev–Trinajstić information content (AvgIpc) is 2.23. The zero-order valence-electron chi connectivity index (χ0n) is 9.74. The molecular weight excluding hydrogens is 334 g/mol. The fourth-order valence-electron chi connectivity index (χ4n) is 1.65. The van der Waals surface area contributed by atoms with E-state index in [9.17, 15) is 13.2 Å². The van der Waals surface area contributed by atoms with Crippen molar-refractivity contribution in [2.75, 3.05) is 14.2 Å². The Balaban J connectivity index is 3.19. The van der Waals surface area contributed by atoms with Gasteiger partial charge in [-0.15, -0.1) is 0 Å². The fraction of sp³-hybridized carbons (Fsp3) is 0.455. The molecule has 0 radical (unpaired) electrons. The molecule has 18 heavy (non-hydrogen) atoms. The van der Waals surface area contributed by atoms with Crippen LogP contribution in [0.25, 0.3) is 0 Å². The third-order valence-electron chi connectivity index (χ3n) is 2.40. The van der Waals surface area contributed by atoms with Crippen LogP contribution in [-0.4, -0.2) is 20.3 Å². The van der Waals surface area contributed by atoms with Crippen molar-refractivity contribution in [3.05, 3.63) is 27.2 Å². The number of alkyl halides is 3. The highest BCUT2D eigenvalue weighted by atomic mass is 79.9. The lowest BCUT2D eigenvalue weighted by Gasteiger charge is -2.21. The van der Waals surface area contributed by atoms with E-state index in [0.29, 0.717) is 20.8 Å². The minimum Gasteiger partial charge on any atom is -0.495 e. The Hall–Kier alpha value is -0.460. The molecule has 102 valence electrons. The molecule has 0 aliphatic carbocycles. The van der Waals surface area contributed by atoms with Gasteiger partial charge in [-0.2, -0.15) is 13.2 Å². The van der Waals surface area contributed by atoms with E-state index < -0.39 is 18.6 Å². The molecule has 0 saturated carbocycles. The zero-order valence-corrected chi connectivity index (χ0v) is 12.1. The summed E-state index contributed by atoms with van der Waals surface area (Å²) in [6.45, 7) is 0. The average molecular weight is 347 g/mol. The Morgan fingerprint density at radius 2 is 2.06 bits per heavy atom. The largest absolute Gasteiger partial charge is 0.495 e. The predicted molar refractivity (Wildman–Crippen MR) is 68.2 cm³/mol. The number of hydrogen-bond donors (Lipinski definition) is 1. The Morgan fingerprint density at radius 1 is 1.44 bits per heavy atom. The molecule has 1 unspecified atom stereocenters. The summed E-state index contributed by atoms with van der Waals surface area (Å²) in [5.41, 5.74) is 0.372. The molecule has 0 bridgehead atoms. The number of hydrogen-bond acceptors (Lipinski definition) is 2. The lowest BCUT2D eigenvalue weighted by atomic mass is 10.0. The van der Waals surface area contributed by atoms with E-state index in [1.54, 1.807) is 6.07 Å². The van der Waals surface area contributed by atoms with Gasteiger partial charge in [0.2, 0.25) is 0 Å². The van der Waals surface area contributed by atoms with Crippen molar-refractivity contribution in [3.8, 4) is 5.75 Å². The monoisotopic (exact) mass is 345 g/mol. The van der Waals surface area contributed by atoms with E-state index in [0.717, 1.165) is 0 Å². The van der Waals surface area contributed by atoms with Gasteiger partial charge in [0.05, 0.1) is 18.0 Å². The first kappa shape index (κ1) is 15.6. The van der Waals surface area contributed by atoms with Gasteiger partial charge in [0.15, 0.2) is 0 Å². The number of nitrogens with one attached hydrogen (secondary N) is 1. The summed E-state index contributed by atoms with van der Waals surface area (Å²) in [4.78, 5) is 0. The zero-order chi connectivity index (χ0) is 13.9. The third kappa shape index (κ3) is 4.03. The summed E-state index contributed by atoms with van der Waals surface area (Å²) in [5.74, 6) is 0.350. The van der Waals surface area contributed by atoms with Gasteiger partial charge in [-0.3, -0.25) is 0 Å². The standard InChI is InChI=1S/C11H12BrClF3NO/c1-17-9(5-11(14,15)16)7-3-6(13)4-8(12)10(7)18-2/h3-4,9,17H,5H2,1-2H3. The van der Waals surface area contributed by atoms with Gasteiger partial charge < -0.3 is 10.1 Å². The summed E-state index contributed by atoms with van der Waals surface area (Å²) in [5, 5.41) is 2.97. The third-order valence-corrected chi connectivity index (χ3v) is 3.21. The van der Waals surface area contributed by atoms with Gasteiger partial charge in [-0.05, 0) is 35.1 Å². The van der Waals surface area contributed by atoms with E-state index in [1.165, 1.54) is 20.2 Å². The summed E-state index contributed by atoms with van der Waals surface area (Å²) in [6, 6.07) is 2.14. The molecule has 1 aromatic rings. The number of methoxy groups -OCH3 is 1. The molecule has 0 aliphatic rings. The van der Waals surface area contributed by atoms with Gasteiger partial charge in [-0.1, -0.05) is 11.6 Å². The smallest absolute Gasteiger partial charge is 0.390 e. The van der Waals surface area contributed by atoms with Crippen molar-refractivity contribution >= 4 is 27.5 Å². The molecule has 0 saturated heterocycles. The van der Waals surface area contributed by atoms with Crippen molar-refractivity contribution in [3.63, 3.8) is 0 Å². The SMILES string of the molecule is CNC(CC(F)(F)F)c1cc(Cl)cc(Br)c1OC. The van der Waals surface area contributed by atoms with Gasteiger partial charge >= 0.3 is 6.18 Å². The van der Waals surface area contributed by atoms with Gasteiger partial charge in [0.25, 0.3) is 0 Å². The van der Waals surface area contributed by atoms with Gasteiger partial charge in [0, 0.05) is 16.6 Å². The lowest BCUT2D eigenvalue weighted by molar-refractivity contribution is -0.140. The first-order chi connectivity index (χ1) is 8.28. The second kappa shape index (κ2) is 6.12. The maximum Gasteiger partial charge on any atom is 0.390 e. The predicted octanol–water partition coefficient (Wildman–Crippen LogP) is 4.32. The molecule has 2 nitrogen and oxygen atoms in total. The number of rotatable bonds is 4. The highest BCUT2D eigenvalue weighted by Gasteiger charge is 2.33. The van der Waals surface area contributed by atoms with Crippen LogP contribution in [0.15, 0.2) is 16.6 Å². The number of ether oxygens (including phenoxy) is 1. The molecule has 1 aromatic carbocycles. The fourth-order valence-corrected chi connectivity index (χ4v) is 2.65. The lowest BCUT2D eigenvalue weighted by Crippen LogP contribution is -2.24. The van der Waals surface area contributed by atoms with Crippen molar-refractivity contribution in [2.24, 2.45) is 0 Å². The van der Waals surface area contributed by atoms with Crippen molar-refractivity contribution in [1.29, 1.82) is 0 Å². The first-order valence-electron chi connectivity index (χ1n) is 5.05. The summed E-state index contributed by atoms with van der Waals surface area (Å²) in [6.07, 6.45) is -5.26. The van der Waals surface area contributed by atoms with Gasteiger partial charge in [-0.25, -0.2) is 0 Å². The van der Waals surface area contributed by atoms with Crippen LogP contribution in [-0.2, 0) is 0 Å². The van der Waals surface area contributed by atoms with Gasteiger partial charge in [0.1, 0.15) is 5.75 Å². The van der Waals surface area contributed by atoms with Crippen LogP contribution in [0.5, 0.6) is 5.75 Å². The molecular formula is C11H12BrClF3NO. The molecule has 1 N–H and O–H groups in total.